The summed E-state index contributed by atoms with van der Waals surface area (Å²) in [6, 6.07) is 0. The molecular formula is C7H12S. The van der Waals surface area contributed by atoms with Crippen LogP contribution < -0.4 is 0 Å². The monoisotopic (exact) mass is 128 g/mol. The van der Waals surface area contributed by atoms with Crippen molar-refractivity contribution in [1.82, 2.24) is 0 Å². The number of unbranched alkanes of at least 4 members (excludes halogenated alkanes) is 3. The summed E-state index contributed by atoms with van der Waals surface area (Å²) in [5.74, 6) is 0. The third-order valence-electron chi connectivity index (χ3n) is 1.04. The zero-order valence-corrected chi connectivity index (χ0v) is 6.13. The average molecular weight is 128 g/mol. The maximum absolute atomic E-state index is 4.50. The van der Waals surface area contributed by atoms with Crippen molar-refractivity contribution in [3.63, 3.8) is 0 Å². The van der Waals surface area contributed by atoms with Gasteiger partial charge in [0.2, 0.25) is 0 Å². The summed E-state index contributed by atoms with van der Waals surface area (Å²) in [5, 5.41) is 2.58. The normalized spacial score (nSPS) is 8.12. The van der Waals surface area contributed by atoms with E-state index in [0.717, 1.165) is 6.42 Å². The minimum atomic E-state index is 1.11. The molecule has 0 atom stereocenters. The Morgan fingerprint density at radius 3 is 2.75 bits per heavy atom. The van der Waals surface area contributed by atoms with Crippen molar-refractivity contribution in [1.29, 1.82) is 0 Å². The Bertz CT molecular complexity index is 80.4. The Labute approximate surface area is 56.6 Å². The van der Waals surface area contributed by atoms with E-state index < -0.39 is 0 Å². The smallest absolute Gasteiger partial charge is 0.0266 e. The maximum atomic E-state index is 4.50. The largest absolute Gasteiger partial charge is 0.0654 e. The zero-order valence-electron chi connectivity index (χ0n) is 5.31. The van der Waals surface area contributed by atoms with E-state index in [2.05, 4.69) is 24.2 Å². The molecule has 0 N–H and O–H groups in total. The first-order valence-corrected chi connectivity index (χ1v) is 3.52. The summed E-state index contributed by atoms with van der Waals surface area (Å²) >= 11 is 4.50. The lowest BCUT2D eigenvalue weighted by molar-refractivity contribution is 0.731. The van der Waals surface area contributed by atoms with Crippen molar-refractivity contribution in [2.45, 2.75) is 32.6 Å². The predicted molar refractivity (Wildman–Crippen MR) is 41.3 cm³/mol. The van der Waals surface area contributed by atoms with Crippen LogP contribution in [-0.2, 0) is 0 Å². The molecule has 0 unspecified atom stereocenters. The second kappa shape index (κ2) is 6.87. The van der Waals surface area contributed by atoms with E-state index in [1.54, 1.807) is 0 Å². The first-order chi connectivity index (χ1) is 3.91. The molecule has 0 aromatic rings. The van der Waals surface area contributed by atoms with Crippen LogP contribution in [0.1, 0.15) is 32.6 Å². The Morgan fingerprint density at radius 1 is 1.50 bits per heavy atom. The molecule has 0 nitrogen and oxygen atoms in total. The van der Waals surface area contributed by atoms with Crippen molar-refractivity contribution >= 4 is 17.2 Å². The predicted octanol–water partition coefficient (Wildman–Crippen LogP) is 2.72. The molecule has 0 spiro atoms. The quantitative estimate of drug-likeness (QED) is 0.414. The van der Waals surface area contributed by atoms with Gasteiger partial charge in [-0.25, -0.2) is 0 Å². The lowest BCUT2D eigenvalue weighted by Gasteiger charge is -1.87. The zero-order chi connectivity index (χ0) is 6.24. The van der Waals surface area contributed by atoms with Gasteiger partial charge in [0.25, 0.3) is 0 Å². The fraction of sp³-hybridized carbons (Fsp3) is 0.714. The van der Waals surface area contributed by atoms with Crippen molar-refractivity contribution in [3.8, 4) is 0 Å². The summed E-state index contributed by atoms with van der Waals surface area (Å²) in [4.78, 5) is 0. The molecule has 0 aliphatic heterocycles. The van der Waals surface area contributed by atoms with Crippen LogP contribution in [0.2, 0.25) is 0 Å². The molecular weight excluding hydrogens is 116 g/mol. The molecule has 0 fully saturated rings. The van der Waals surface area contributed by atoms with Crippen LogP contribution in [-0.4, -0.2) is 5.02 Å². The van der Waals surface area contributed by atoms with Crippen LogP contribution in [0.3, 0.4) is 0 Å². The Balaban J connectivity index is 2.82. The number of hydrogen-bond acceptors (Lipinski definition) is 1. The topological polar surface area (TPSA) is 0 Å². The van der Waals surface area contributed by atoms with Crippen molar-refractivity contribution in [3.05, 3.63) is 6.08 Å². The first kappa shape index (κ1) is 7.87. The van der Waals surface area contributed by atoms with E-state index in [9.17, 15) is 0 Å². The number of hydrogen-bond donors (Lipinski definition) is 0. The van der Waals surface area contributed by atoms with Gasteiger partial charge in [0, 0.05) is 0 Å². The molecule has 0 amide bonds. The van der Waals surface area contributed by atoms with Gasteiger partial charge in [-0.2, -0.15) is 0 Å². The summed E-state index contributed by atoms with van der Waals surface area (Å²) in [6.45, 7) is 2.20. The van der Waals surface area contributed by atoms with Gasteiger partial charge < -0.3 is 0 Å². The van der Waals surface area contributed by atoms with Crippen LogP contribution in [0, 0.1) is 0 Å². The van der Waals surface area contributed by atoms with E-state index in [-0.39, 0.29) is 0 Å². The van der Waals surface area contributed by atoms with Crippen LogP contribution in [0.4, 0.5) is 0 Å². The van der Waals surface area contributed by atoms with Crippen LogP contribution >= 0.6 is 12.2 Å². The average Bonchev–Trinajstić information content (AvgIpc) is 1.81. The van der Waals surface area contributed by atoms with E-state index in [0.29, 0.717) is 0 Å². The minimum absolute atomic E-state index is 1.11. The highest BCUT2D eigenvalue weighted by Crippen LogP contribution is 1.97. The fourth-order valence-corrected chi connectivity index (χ4v) is 0.673. The minimum Gasteiger partial charge on any atom is -0.0654 e. The lowest BCUT2D eigenvalue weighted by atomic mass is 10.2. The second-order valence-corrected chi connectivity index (χ2v) is 2.05. The molecule has 0 rings (SSSR count). The van der Waals surface area contributed by atoms with Gasteiger partial charge in [0.15, 0.2) is 0 Å². The summed E-state index contributed by atoms with van der Waals surface area (Å²) in [6.07, 6.45) is 6.89. The highest BCUT2D eigenvalue weighted by atomic mass is 32.1. The van der Waals surface area contributed by atoms with Gasteiger partial charge in [0.1, 0.15) is 0 Å². The summed E-state index contributed by atoms with van der Waals surface area (Å²) in [7, 11) is 0. The molecule has 0 saturated carbocycles. The van der Waals surface area contributed by atoms with Gasteiger partial charge in [-0.15, -0.1) is 0 Å². The van der Waals surface area contributed by atoms with Gasteiger partial charge >= 0.3 is 0 Å². The molecule has 0 aromatic heterocycles. The molecule has 8 heavy (non-hydrogen) atoms. The molecule has 0 aromatic carbocycles. The molecule has 0 aliphatic carbocycles. The van der Waals surface area contributed by atoms with Gasteiger partial charge in [-0.05, 0) is 31.1 Å². The lowest BCUT2D eigenvalue weighted by Crippen LogP contribution is -1.69. The van der Waals surface area contributed by atoms with Crippen LogP contribution in [0.25, 0.3) is 0 Å². The SMILES string of the molecule is CCCCCC=C=S. The summed E-state index contributed by atoms with van der Waals surface area (Å²) in [5.41, 5.74) is 0. The number of rotatable bonds is 4. The molecule has 0 saturated heterocycles. The molecule has 46 valence electrons. The molecule has 1 heteroatoms. The van der Waals surface area contributed by atoms with E-state index >= 15 is 0 Å². The van der Waals surface area contributed by atoms with Gasteiger partial charge in [0.05, 0.1) is 0 Å². The third kappa shape index (κ3) is 5.87. The van der Waals surface area contributed by atoms with Crippen molar-refractivity contribution in [2.24, 2.45) is 0 Å². The first-order valence-electron chi connectivity index (χ1n) is 3.11. The van der Waals surface area contributed by atoms with E-state index in [1.165, 1.54) is 19.3 Å². The summed E-state index contributed by atoms with van der Waals surface area (Å²) < 4.78 is 0. The highest BCUT2D eigenvalue weighted by Gasteiger charge is 1.78. The highest BCUT2D eigenvalue weighted by molar-refractivity contribution is 7.78. The molecule has 0 bridgehead atoms. The van der Waals surface area contributed by atoms with Gasteiger partial charge in [-0.3, -0.25) is 0 Å². The molecule has 0 radical (unpaired) electrons. The Hall–Kier alpha value is -0.130. The third-order valence-corrected chi connectivity index (χ3v) is 1.20. The Kier molecular flexibility index (Phi) is 6.76. The van der Waals surface area contributed by atoms with Crippen LogP contribution in [0.5, 0.6) is 0 Å². The Morgan fingerprint density at radius 2 is 2.25 bits per heavy atom. The molecule has 0 heterocycles. The second-order valence-electron chi connectivity index (χ2n) is 1.82. The maximum Gasteiger partial charge on any atom is -0.0266 e. The standard InChI is InChI=1S/C7H12S/c1-2-3-4-5-6-7-8/h6H,2-5H2,1H3. The number of allylic oxidation sites excluding steroid dienone is 1. The van der Waals surface area contributed by atoms with E-state index in [1.807, 2.05) is 6.08 Å². The van der Waals surface area contributed by atoms with Gasteiger partial charge in [-0.1, -0.05) is 24.8 Å². The number of thiocarbonyl (C=S) groups is 1. The fourth-order valence-electron chi connectivity index (χ4n) is 0.555. The van der Waals surface area contributed by atoms with E-state index in [4.69, 9.17) is 0 Å². The van der Waals surface area contributed by atoms with Crippen molar-refractivity contribution < 1.29 is 0 Å². The molecule has 0 aliphatic rings. The van der Waals surface area contributed by atoms with Crippen LogP contribution in [0.15, 0.2) is 6.08 Å². The van der Waals surface area contributed by atoms with Crippen molar-refractivity contribution in [2.75, 3.05) is 0 Å².